The molecule has 20 heavy (non-hydrogen) atoms. The normalized spacial score (nSPS) is 11.7. The Morgan fingerprint density at radius 3 is 2.55 bits per heavy atom. The van der Waals surface area contributed by atoms with Gasteiger partial charge in [0.15, 0.2) is 0 Å². The van der Waals surface area contributed by atoms with Gasteiger partial charge in [-0.05, 0) is 18.6 Å². The maximum absolute atomic E-state index is 11.0. The first-order chi connectivity index (χ1) is 9.61. The molecular formula is C14H15N3O3. The van der Waals surface area contributed by atoms with Crippen molar-refractivity contribution < 1.29 is 9.66 Å². The number of nitrogens with zero attached hydrogens (tertiary/aromatic N) is 2. The molecule has 0 bridgehead atoms. The predicted octanol–water partition coefficient (Wildman–Crippen LogP) is 3.17. The molecule has 1 heterocycles. The van der Waals surface area contributed by atoms with Gasteiger partial charge in [0.1, 0.15) is 11.9 Å². The molecule has 0 fully saturated rings. The quantitative estimate of drug-likeness (QED) is 0.668. The van der Waals surface area contributed by atoms with Crippen molar-refractivity contribution in [1.82, 2.24) is 4.98 Å². The van der Waals surface area contributed by atoms with E-state index in [9.17, 15) is 10.1 Å². The Labute approximate surface area is 116 Å². The van der Waals surface area contributed by atoms with Crippen molar-refractivity contribution in [2.24, 2.45) is 0 Å². The molecular weight excluding hydrogens is 258 g/mol. The fourth-order valence-electron chi connectivity index (χ4n) is 1.76. The SMILES string of the molecule is CNc1ccc([N+](=O)[O-])c(OC(C)c2ccccc2)n1. The van der Waals surface area contributed by atoms with Crippen LogP contribution in [0, 0.1) is 10.1 Å². The summed E-state index contributed by atoms with van der Waals surface area (Å²) in [5.41, 5.74) is 0.783. The van der Waals surface area contributed by atoms with Crippen LogP contribution in [0.3, 0.4) is 0 Å². The number of nitro groups is 1. The van der Waals surface area contributed by atoms with Crippen LogP contribution in [-0.2, 0) is 0 Å². The zero-order valence-corrected chi connectivity index (χ0v) is 11.2. The van der Waals surface area contributed by atoms with E-state index in [0.717, 1.165) is 5.56 Å². The molecule has 0 saturated heterocycles. The van der Waals surface area contributed by atoms with Gasteiger partial charge in [-0.3, -0.25) is 10.1 Å². The lowest BCUT2D eigenvalue weighted by atomic mass is 10.1. The van der Waals surface area contributed by atoms with E-state index in [4.69, 9.17) is 4.74 Å². The largest absolute Gasteiger partial charge is 0.465 e. The average molecular weight is 273 g/mol. The minimum atomic E-state index is -0.501. The van der Waals surface area contributed by atoms with Crippen molar-refractivity contribution in [1.29, 1.82) is 0 Å². The van der Waals surface area contributed by atoms with Crippen LogP contribution in [-0.4, -0.2) is 17.0 Å². The molecule has 6 nitrogen and oxygen atoms in total. The smallest absolute Gasteiger partial charge is 0.331 e. The Morgan fingerprint density at radius 2 is 1.95 bits per heavy atom. The molecule has 0 radical (unpaired) electrons. The summed E-state index contributed by atoms with van der Waals surface area (Å²) in [5.74, 6) is 0.532. The molecule has 2 aromatic rings. The minimum absolute atomic E-state index is 0.0122. The summed E-state index contributed by atoms with van der Waals surface area (Å²) >= 11 is 0. The van der Waals surface area contributed by atoms with Gasteiger partial charge < -0.3 is 10.1 Å². The van der Waals surface area contributed by atoms with Crippen LogP contribution in [0.15, 0.2) is 42.5 Å². The van der Waals surface area contributed by atoms with Crippen molar-refractivity contribution in [3.8, 4) is 5.88 Å². The van der Waals surface area contributed by atoms with Crippen molar-refractivity contribution in [3.05, 3.63) is 58.1 Å². The number of rotatable bonds is 5. The second-order valence-corrected chi connectivity index (χ2v) is 4.20. The molecule has 2 rings (SSSR count). The lowest BCUT2D eigenvalue weighted by molar-refractivity contribution is -0.386. The standard InChI is InChI=1S/C14H15N3O3/c1-10(11-6-4-3-5-7-11)20-14-12(17(18)19)8-9-13(15-2)16-14/h3-10H,1-2H3,(H,15,16). The number of nitrogens with one attached hydrogen (secondary N) is 1. The van der Waals surface area contributed by atoms with Crippen LogP contribution in [0.25, 0.3) is 0 Å². The van der Waals surface area contributed by atoms with Crippen molar-refractivity contribution in [3.63, 3.8) is 0 Å². The van der Waals surface area contributed by atoms with E-state index >= 15 is 0 Å². The molecule has 6 heteroatoms. The van der Waals surface area contributed by atoms with Gasteiger partial charge in [-0.2, -0.15) is 4.98 Å². The average Bonchev–Trinajstić information content (AvgIpc) is 2.47. The molecule has 1 aromatic carbocycles. The number of benzene rings is 1. The van der Waals surface area contributed by atoms with E-state index in [1.165, 1.54) is 12.1 Å². The molecule has 1 atom stereocenters. The number of ether oxygens (including phenoxy) is 1. The number of hydrogen-bond acceptors (Lipinski definition) is 5. The third kappa shape index (κ3) is 3.03. The molecule has 0 spiro atoms. The topological polar surface area (TPSA) is 77.3 Å². The Bertz CT molecular complexity index is 602. The van der Waals surface area contributed by atoms with Crippen LogP contribution < -0.4 is 10.1 Å². The molecule has 0 saturated carbocycles. The van der Waals surface area contributed by atoms with Gasteiger partial charge in [-0.1, -0.05) is 30.3 Å². The molecule has 104 valence electrons. The van der Waals surface area contributed by atoms with Crippen LogP contribution in [0.2, 0.25) is 0 Å². The van der Waals surface area contributed by atoms with Crippen molar-refractivity contribution in [2.45, 2.75) is 13.0 Å². The Balaban J connectivity index is 2.29. The second kappa shape index (κ2) is 6.01. The third-order valence-corrected chi connectivity index (χ3v) is 2.85. The summed E-state index contributed by atoms with van der Waals surface area (Å²) in [4.78, 5) is 14.6. The highest BCUT2D eigenvalue weighted by Crippen LogP contribution is 2.30. The summed E-state index contributed by atoms with van der Waals surface area (Å²) < 4.78 is 5.64. The first-order valence-electron chi connectivity index (χ1n) is 6.16. The van der Waals surface area contributed by atoms with E-state index in [-0.39, 0.29) is 17.7 Å². The van der Waals surface area contributed by atoms with Gasteiger partial charge in [-0.25, -0.2) is 0 Å². The van der Waals surface area contributed by atoms with Gasteiger partial charge in [0.05, 0.1) is 4.92 Å². The first-order valence-corrected chi connectivity index (χ1v) is 6.16. The summed E-state index contributed by atoms with van der Waals surface area (Å²) in [5, 5.41) is 13.8. The maximum Gasteiger partial charge on any atom is 0.331 e. The second-order valence-electron chi connectivity index (χ2n) is 4.20. The molecule has 1 aromatic heterocycles. The Hall–Kier alpha value is -2.63. The molecule has 0 aliphatic heterocycles. The fraction of sp³-hybridized carbons (Fsp3) is 0.214. The van der Waals surface area contributed by atoms with E-state index < -0.39 is 4.92 Å². The number of anilines is 1. The lowest BCUT2D eigenvalue weighted by Gasteiger charge is -2.14. The van der Waals surface area contributed by atoms with Crippen molar-refractivity contribution >= 4 is 11.5 Å². The monoisotopic (exact) mass is 273 g/mol. The van der Waals surface area contributed by atoms with E-state index in [0.29, 0.717) is 5.82 Å². The number of aromatic nitrogens is 1. The highest BCUT2D eigenvalue weighted by atomic mass is 16.6. The molecule has 0 aliphatic carbocycles. The maximum atomic E-state index is 11.0. The van der Waals surface area contributed by atoms with Crippen LogP contribution in [0.4, 0.5) is 11.5 Å². The molecule has 0 aliphatic rings. The number of hydrogen-bond donors (Lipinski definition) is 1. The summed E-state index contributed by atoms with van der Waals surface area (Å²) in [7, 11) is 1.69. The van der Waals surface area contributed by atoms with E-state index in [1.807, 2.05) is 37.3 Å². The van der Waals surface area contributed by atoms with Crippen LogP contribution in [0.1, 0.15) is 18.6 Å². The molecule has 1 unspecified atom stereocenters. The summed E-state index contributed by atoms with van der Waals surface area (Å²) in [6.45, 7) is 1.83. The van der Waals surface area contributed by atoms with E-state index in [1.54, 1.807) is 7.05 Å². The Morgan fingerprint density at radius 1 is 1.25 bits per heavy atom. The fourth-order valence-corrected chi connectivity index (χ4v) is 1.76. The van der Waals surface area contributed by atoms with Gasteiger partial charge >= 0.3 is 5.69 Å². The zero-order valence-electron chi connectivity index (χ0n) is 11.2. The number of pyridine rings is 1. The van der Waals surface area contributed by atoms with Gasteiger partial charge in [0.2, 0.25) is 0 Å². The van der Waals surface area contributed by atoms with Gasteiger partial charge in [0, 0.05) is 13.1 Å². The molecule has 1 N–H and O–H groups in total. The van der Waals surface area contributed by atoms with E-state index in [2.05, 4.69) is 10.3 Å². The van der Waals surface area contributed by atoms with Crippen LogP contribution >= 0.6 is 0 Å². The third-order valence-electron chi connectivity index (χ3n) is 2.85. The Kier molecular flexibility index (Phi) is 4.14. The first kappa shape index (κ1) is 13.8. The summed E-state index contributed by atoms with van der Waals surface area (Å²) in [6, 6.07) is 12.4. The predicted molar refractivity (Wildman–Crippen MR) is 75.9 cm³/mol. The van der Waals surface area contributed by atoms with Gasteiger partial charge in [-0.15, -0.1) is 0 Å². The minimum Gasteiger partial charge on any atom is -0.465 e. The molecule has 0 amide bonds. The highest BCUT2D eigenvalue weighted by molar-refractivity contribution is 5.49. The van der Waals surface area contributed by atoms with Crippen LogP contribution in [0.5, 0.6) is 5.88 Å². The lowest BCUT2D eigenvalue weighted by Crippen LogP contribution is -2.07. The van der Waals surface area contributed by atoms with Crippen molar-refractivity contribution in [2.75, 3.05) is 12.4 Å². The zero-order chi connectivity index (χ0) is 14.5. The summed E-state index contributed by atoms with van der Waals surface area (Å²) in [6.07, 6.45) is -0.325. The van der Waals surface area contributed by atoms with Gasteiger partial charge in [0.25, 0.3) is 5.88 Å². The highest BCUT2D eigenvalue weighted by Gasteiger charge is 2.20.